The standard InChI is InChI=1S/C18H17N7.C2H6.CH2O2/c19-17-14(24-23-13-6-2-1-3-7-13)9-16(18(20)22-17)25-10-12-5-4-8-21-15(12)11-25;1-2;2-1-3/h1-9H,10-11H2,(H4,19,20,22);1-2H3;1H,(H,2,3). The van der Waals surface area contributed by atoms with Crippen molar-refractivity contribution >= 4 is 35.2 Å². The molecule has 2 aromatic heterocycles. The van der Waals surface area contributed by atoms with E-state index in [1.54, 1.807) is 6.20 Å². The first kappa shape index (κ1) is 22.3. The molecule has 0 spiro atoms. The van der Waals surface area contributed by atoms with Crippen molar-refractivity contribution in [3.63, 3.8) is 0 Å². The molecule has 1 aromatic carbocycles. The summed E-state index contributed by atoms with van der Waals surface area (Å²) in [5.74, 6) is 0.639. The quantitative estimate of drug-likeness (QED) is 0.433. The van der Waals surface area contributed by atoms with Crippen LogP contribution in [0.25, 0.3) is 0 Å². The zero-order valence-corrected chi connectivity index (χ0v) is 16.9. The van der Waals surface area contributed by atoms with Crippen LogP contribution in [0.1, 0.15) is 25.1 Å². The first-order valence-corrected chi connectivity index (χ1v) is 9.40. The molecule has 0 atom stereocenters. The van der Waals surface area contributed by atoms with Crippen LogP contribution >= 0.6 is 0 Å². The number of nitrogens with zero attached hydrogens (tertiary/aromatic N) is 5. The van der Waals surface area contributed by atoms with Crippen molar-refractivity contribution in [1.29, 1.82) is 0 Å². The van der Waals surface area contributed by atoms with Gasteiger partial charge in [-0.2, -0.15) is 5.11 Å². The molecule has 3 aromatic rings. The molecule has 0 fully saturated rings. The number of fused-ring (bicyclic) bond motifs is 1. The molecule has 0 amide bonds. The van der Waals surface area contributed by atoms with Gasteiger partial charge in [0, 0.05) is 12.7 Å². The number of pyridine rings is 2. The Morgan fingerprint density at radius 3 is 2.40 bits per heavy atom. The van der Waals surface area contributed by atoms with Crippen LogP contribution in [-0.4, -0.2) is 21.5 Å². The zero-order valence-electron chi connectivity index (χ0n) is 16.9. The van der Waals surface area contributed by atoms with Gasteiger partial charge in [0.25, 0.3) is 6.47 Å². The average molecular weight is 407 g/mol. The van der Waals surface area contributed by atoms with Gasteiger partial charge in [-0.25, -0.2) is 4.98 Å². The molecule has 4 rings (SSSR count). The number of anilines is 3. The minimum atomic E-state index is -0.250. The number of nitrogens with two attached hydrogens (primary N) is 2. The van der Waals surface area contributed by atoms with Crippen molar-refractivity contribution in [3.8, 4) is 0 Å². The van der Waals surface area contributed by atoms with Gasteiger partial charge in [0.2, 0.25) is 0 Å². The Balaban J connectivity index is 0.000000590. The third kappa shape index (κ3) is 5.51. The van der Waals surface area contributed by atoms with Gasteiger partial charge in [-0.05, 0) is 29.8 Å². The van der Waals surface area contributed by atoms with E-state index < -0.39 is 0 Å². The summed E-state index contributed by atoms with van der Waals surface area (Å²) in [6, 6.07) is 15.3. The fourth-order valence-corrected chi connectivity index (χ4v) is 2.83. The van der Waals surface area contributed by atoms with E-state index in [1.165, 1.54) is 5.56 Å². The molecule has 0 aliphatic carbocycles. The summed E-state index contributed by atoms with van der Waals surface area (Å²) in [4.78, 5) is 19.1. The lowest BCUT2D eigenvalue weighted by molar-refractivity contribution is -0.122. The minimum Gasteiger partial charge on any atom is -0.483 e. The number of carbonyl (C=O) groups is 1. The highest BCUT2D eigenvalue weighted by Gasteiger charge is 2.23. The number of nitrogen functional groups attached to an aromatic ring is 2. The van der Waals surface area contributed by atoms with Crippen molar-refractivity contribution in [2.24, 2.45) is 10.2 Å². The van der Waals surface area contributed by atoms with E-state index in [9.17, 15) is 0 Å². The normalized spacial score (nSPS) is 11.7. The van der Waals surface area contributed by atoms with Gasteiger partial charge in [-0.3, -0.25) is 9.78 Å². The second kappa shape index (κ2) is 11.1. The largest absolute Gasteiger partial charge is 0.483 e. The van der Waals surface area contributed by atoms with Gasteiger partial charge < -0.3 is 21.5 Å². The van der Waals surface area contributed by atoms with Gasteiger partial charge in [0.1, 0.15) is 11.5 Å². The lowest BCUT2D eigenvalue weighted by Crippen LogP contribution is -2.17. The number of hydrogen-bond donors (Lipinski definition) is 3. The maximum absolute atomic E-state index is 8.36. The molecule has 9 heteroatoms. The van der Waals surface area contributed by atoms with Crippen LogP contribution in [0.4, 0.5) is 28.7 Å². The predicted molar refractivity (Wildman–Crippen MR) is 118 cm³/mol. The second-order valence-electron chi connectivity index (χ2n) is 5.90. The number of azo groups is 1. The van der Waals surface area contributed by atoms with Crippen LogP contribution in [0.5, 0.6) is 0 Å². The smallest absolute Gasteiger partial charge is 0.290 e. The summed E-state index contributed by atoms with van der Waals surface area (Å²) in [5, 5.41) is 15.3. The Kier molecular flexibility index (Phi) is 8.25. The maximum atomic E-state index is 8.36. The van der Waals surface area contributed by atoms with Gasteiger partial charge >= 0.3 is 0 Å². The molecule has 156 valence electrons. The first-order valence-electron chi connectivity index (χ1n) is 9.40. The number of hydrogen-bond acceptors (Lipinski definition) is 8. The Morgan fingerprint density at radius 1 is 1.03 bits per heavy atom. The zero-order chi connectivity index (χ0) is 21.9. The summed E-state index contributed by atoms with van der Waals surface area (Å²) in [5.41, 5.74) is 16.3. The fourth-order valence-electron chi connectivity index (χ4n) is 2.83. The molecule has 9 nitrogen and oxygen atoms in total. The molecule has 0 radical (unpaired) electrons. The highest BCUT2D eigenvalue weighted by molar-refractivity contribution is 5.75. The Bertz CT molecular complexity index is 969. The number of aromatic nitrogens is 2. The molecule has 30 heavy (non-hydrogen) atoms. The van der Waals surface area contributed by atoms with E-state index in [4.69, 9.17) is 21.4 Å². The number of benzene rings is 1. The summed E-state index contributed by atoms with van der Waals surface area (Å²) in [6.45, 7) is 5.16. The molecular weight excluding hydrogens is 382 g/mol. The molecule has 1 aliphatic heterocycles. The molecule has 0 saturated carbocycles. The van der Waals surface area contributed by atoms with Crippen molar-refractivity contribution in [3.05, 3.63) is 66.0 Å². The van der Waals surface area contributed by atoms with E-state index in [0.717, 1.165) is 23.6 Å². The summed E-state index contributed by atoms with van der Waals surface area (Å²) >= 11 is 0. The van der Waals surface area contributed by atoms with Crippen LogP contribution in [0, 0.1) is 0 Å². The molecule has 0 bridgehead atoms. The first-order chi connectivity index (χ1) is 14.6. The van der Waals surface area contributed by atoms with E-state index >= 15 is 0 Å². The van der Waals surface area contributed by atoms with Crippen molar-refractivity contribution < 1.29 is 9.90 Å². The minimum absolute atomic E-state index is 0.250. The molecule has 1 aliphatic rings. The van der Waals surface area contributed by atoms with E-state index in [0.29, 0.717) is 18.1 Å². The summed E-state index contributed by atoms with van der Waals surface area (Å²) in [6.07, 6.45) is 1.80. The monoisotopic (exact) mass is 407 g/mol. The third-order valence-electron chi connectivity index (χ3n) is 4.10. The van der Waals surface area contributed by atoms with Gasteiger partial charge in [0.15, 0.2) is 5.82 Å². The van der Waals surface area contributed by atoms with Crippen LogP contribution in [0.15, 0.2) is 65.0 Å². The Morgan fingerprint density at radius 2 is 1.73 bits per heavy atom. The van der Waals surface area contributed by atoms with E-state index in [1.807, 2.05) is 56.3 Å². The highest BCUT2D eigenvalue weighted by atomic mass is 16.3. The van der Waals surface area contributed by atoms with Crippen molar-refractivity contribution in [2.45, 2.75) is 26.9 Å². The molecule has 3 heterocycles. The van der Waals surface area contributed by atoms with Crippen molar-refractivity contribution in [1.82, 2.24) is 9.97 Å². The SMILES string of the molecule is CC.Nc1nc(N)c(N2Cc3cccnc3C2)cc1N=Nc1ccccc1.O=CO. The third-order valence-corrected chi connectivity index (χ3v) is 4.10. The van der Waals surface area contributed by atoms with Crippen LogP contribution in [0.2, 0.25) is 0 Å². The van der Waals surface area contributed by atoms with Crippen LogP contribution in [0.3, 0.4) is 0 Å². The molecule has 5 N–H and O–H groups in total. The maximum Gasteiger partial charge on any atom is 0.290 e. The summed E-state index contributed by atoms with van der Waals surface area (Å²) in [7, 11) is 0. The Hall–Kier alpha value is -4.01. The highest BCUT2D eigenvalue weighted by Crippen LogP contribution is 2.35. The van der Waals surface area contributed by atoms with Gasteiger partial charge in [-0.1, -0.05) is 38.1 Å². The fraction of sp³-hybridized carbons (Fsp3) is 0.190. The van der Waals surface area contributed by atoms with Gasteiger partial charge in [-0.15, -0.1) is 5.11 Å². The predicted octanol–water partition coefficient (Wildman–Crippen LogP) is 4.30. The second-order valence-corrected chi connectivity index (χ2v) is 5.90. The summed E-state index contributed by atoms with van der Waals surface area (Å²) < 4.78 is 0. The van der Waals surface area contributed by atoms with E-state index in [-0.39, 0.29) is 12.3 Å². The lowest BCUT2D eigenvalue weighted by atomic mass is 10.2. The average Bonchev–Trinajstić information content (AvgIpc) is 3.20. The van der Waals surface area contributed by atoms with E-state index in [2.05, 4.69) is 31.2 Å². The number of rotatable bonds is 3. The lowest BCUT2D eigenvalue weighted by Gasteiger charge is -2.19. The van der Waals surface area contributed by atoms with Crippen LogP contribution < -0.4 is 16.4 Å². The van der Waals surface area contributed by atoms with Crippen molar-refractivity contribution in [2.75, 3.05) is 16.4 Å². The number of carboxylic acid groups (broad SMARTS) is 1. The van der Waals surface area contributed by atoms with Crippen LogP contribution in [-0.2, 0) is 17.9 Å². The molecule has 0 saturated heterocycles. The molecule has 0 unspecified atom stereocenters. The topological polar surface area (TPSA) is 143 Å². The Labute approximate surface area is 175 Å². The van der Waals surface area contributed by atoms with Gasteiger partial charge in [0.05, 0.1) is 23.6 Å². The molecular formula is C21H25N7O2.